The van der Waals surface area contributed by atoms with Gasteiger partial charge in [-0.2, -0.15) is 0 Å². The number of unbranched alkanes of at least 4 members (excludes halogenated alkanes) is 1. The Labute approximate surface area is 136 Å². The zero-order chi connectivity index (χ0) is 17.4. The summed E-state index contributed by atoms with van der Waals surface area (Å²) in [5, 5.41) is 2.86. The minimum Gasteiger partial charge on any atom is -0.423 e. The van der Waals surface area contributed by atoms with Gasteiger partial charge < -0.3 is 14.8 Å². The molecule has 0 spiro atoms. The second kappa shape index (κ2) is 8.92. The predicted octanol–water partition coefficient (Wildman–Crippen LogP) is 2.56. The molecule has 6 heteroatoms. The van der Waals surface area contributed by atoms with Crippen molar-refractivity contribution in [2.24, 2.45) is 0 Å². The van der Waals surface area contributed by atoms with Gasteiger partial charge in [-0.05, 0) is 31.0 Å². The van der Waals surface area contributed by atoms with Crippen molar-refractivity contribution in [2.75, 3.05) is 6.54 Å². The Morgan fingerprint density at radius 2 is 1.70 bits per heavy atom. The van der Waals surface area contributed by atoms with E-state index in [4.69, 9.17) is 9.47 Å². The van der Waals surface area contributed by atoms with Crippen molar-refractivity contribution in [2.45, 2.75) is 46.5 Å². The summed E-state index contributed by atoms with van der Waals surface area (Å²) in [6, 6.07) is 4.74. The van der Waals surface area contributed by atoms with E-state index in [1.54, 1.807) is 19.1 Å². The molecule has 0 aromatic heterocycles. The molecule has 1 amide bonds. The number of benzene rings is 1. The van der Waals surface area contributed by atoms with Gasteiger partial charge >= 0.3 is 11.9 Å². The first-order chi connectivity index (χ1) is 10.8. The van der Waals surface area contributed by atoms with E-state index < -0.39 is 17.9 Å². The van der Waals surface area contributed by atoms with Crippen LogP contribution in [0.15, 0.2) is 18.2 Å². The first-order valence-electron chi connectivity index (χ1n) is 7.63. The molecule has 0 aliphatic rings. The molecular formula is C17H23NO5. The predicted molar refractivity (Wildman–Crippen MR) is 85.4 cm³/mol. The van der Waals surface area contributed by atoms with Crippen LogP contribution >= 0.6 is 0 Å². The fourth-order valence-electron chi connectivity index (χ4n) is 1.96. The van der Waals surface area contributed by atoms with Crippen LogP contribution in [-0.4, -0.2) is 24.4 Å². The topological polar surface area (TPSA) is 81.7 Å². The summed E-state index contributed by atoms with van der Waals surface area (Å²) in [6.07, 6.45) is 1.92. The maximum Gasteiger partial charge on any atom is 0.308 e. The standard InChI is InChI=1S/C17H23NO5/c1-5-6-9-18-17(21)11(2)14-7-8-15(22-12(3)19)16(10-14)23-13(4)20/h7-8,10-11H,5-6,9H2,1-4H3,(H,18,21). The molecule has 0 bridgehead atoms. The molecule has 1 aromatic rings. The molecule has 1 atom stereocenters. The molecule has 23 heavy (non-hydrogen) atoms. The van der Waals surface area contributed by atoms with E-state index in [1.807, 2.05) is 0 Å². The first kappa shape index (κ1) is 18.7. The van der Waals surface area contributed by atoms with E-state index in [0.717, 1.165) is 12.8 Å². The van der Waals surface area contributed by atoms with Crippen LogP contribution in [0.25, 0.3) is 0 Å². The number of carbonyl (C=O) groups excluding carboxylic acids is 3. The highest BCUT2D eigenvalue weighted by molar-refractivity contribution is 5.83. The summed E-state index contributed by atoms with van der Waals surface area (Å²) in [6.45, 7) is 6.96. The average Bonchev–Trinajstić information content (AvgIpc) is 2.47. The molecule has 1 rings (SSSR count). The Morgan fingerprint density at radius 1 is 1.09 bits per heavy atom. The SMILES string of the molecule is CCCCNC(=O)C(C)c1ccc(OC(C)=O)c(OC(C)=O)c1. The minimum atomic E-state index is -0.532. The summed E-state index contributed by atoms with van der Waals surface area (Å²) in [4.78, 5) is 34.4. The van der Waals surface area contributed by atoms with Crippen LogP contribution in [0.1, 0.15) is 52.0 Å². The highest BCUT2D eigenvalue weighted by atomic mass is 16.6. The number of ether oxygens (including phenoxy) is 2. The number of hydrogen-bond acceptors (Lipinski definition) is 5. The van der Waals surface area contributed by atoms with E-state index in [0.29, 0.717) is 12.1 Å². The van der Waals surface area contributed by atoms with Crippen LogP contribution < -0.4 is 14.8 Å². The monoisotopic (exact) mass is 321 g/mol. The number of rotatable bonds is 7. The number of nitrogens with one attached hydrogen (secondary N) is 1. The average molecular weight is 321 g/mol. The molecule has 126 valence electrons. The van der Waals surface area contributed by atoms with Gasteiger partial charge in [-0.3, -0.25) is 14.4 Å². The second-order valence-electron chi connectivity index (χ2n) is 5.26. The fraction of sp³-hybridized carbons (Fsp3) is 0.471. The second-order valence-corrected chi connectivity index (χ2v) is 5.26. The lowest BCUT2D eigenvalue weighted by Crippen LogP contribution is -2.28. The smallest absolute Gasteiger partial charge is 0.308 e. The van der Waals surface area contributed by atoms with Crippen molar-refractivity contribution in [3.8, 4) is 11.5 Å². The van der Waals surface area contributed by atoms with Gasteiger partial charge in [0, 0.05) is 20.4 Å². The Bertz CT molecular complexity index is 582. The number of esters is 2. The Balaban J connectivity index is 2.96. The molecule has 1 N–H and O–H groups in total. The Morgan fingerprint density at radius 3 is 2.26 bits per heavy atom. The first-order valence-corrected chi connectivity index (χ1v) is 7.63. The molecular weight excluding hydrogens is 298 g/mol. The quantitative estimate of drug-likeness (QED) is 0.474. The summed E-state index contributed by atoms with van der Waals surface area (Å²) in [7, 11) is 0. The van der Waals surface area contributed by atoms with Gasteiger partial charge in [-0.15, -0.1) is 0 Å². The Hall–Kier alpha value is -2.37. The largest absolute Gasteiger partial charge is 0.423 e. The van der Waals surface area contributed by atoms with Crippen molar-refractivity contribution in [3.05, 3.63) is 23.8 Å². The van der Waals surface area contributed by atoms with E-state index in [2.05, 4.69) is 12.2 Å². The van der Waals surface area contributed by atoms with E-state index >= 15 is 0 Å². The molecule has 0 saturated carbocycles. The maximum atomic E-state index is 12.1. The summed E-state index contributed by atoms with van der Waals surface area (Å²) >= 11 is 0. The summed E-state index contributed by atoms with van der Waals surface area (Å²) in [5.74, 6) is -1.29. The molecule has 1 aromatic carbocycles. The third kappa shape index (κ3) is 6.10. The summed E-state index contributed by atoms with van der Waals surface area (Å²) in [5.41, 5.74) is 0.672. The maximum absolute atomic E-state index is 12.1. The molecule has 0 aliphatic heterocycles. The van der Waals surface area contributed by atoms with Crippen LogP contribution in [0.4, 0.5) is 0 Å². The Kier molecular flexibility index (Phi) is 7.25. The van der Waals surface area contributed by atoms with Gasteiger partial charge in [0.05, 0.1) is 5.92 Å². The van der Waals surface area contributed by atoms with E-state index in [-0.39, 0.29) is 17.4 Å². The van der Waals surface area contributed by atoms with Crippen LogP contribution in [0, 0.1) is 0 Å². The van der Waals surface area contributed by atoms with Crippen LogP contribution in [0.3, 0.4) is 0 Å². The van der Waals surface area contributed by atoms with E-state index in [1.165, 1.54) is 19.9 Å². The number of hydrogen-bond donors (Lipinski definition) is 1. The molecule has 0 radical (unpaired) electrons. The molecule has 0 aliphatic carbocycles. The van der Waals surface area contributed by atoms with Gasteiger partial charge in [0.2, 0.25) is 5.91 Å². The lowest BCUT2D eigenvalue weighted by molar-refractivity contribution is -0.134. The third-order valence-electron chi connectivity index (χ3n) is 3.20. The molecule has 1 unspecified atom stereocenters. The van der Waals surface area contributed by atoms with Crippen molar-refractivity contribution in [1.82, 2.24) is 5.32 Å². The van der Waals surface area contributed by atoms with Gasteiger partial charge in [0.15, 0.2) is 11.5 Å². The van der Waals surface area contributed by atoms with E-state index in [9.17, 15) is 14.4 Å². The molecule has 0 saturated heterocycles. The minimum absolute atomic E-state index is 0.104. The van der Waals surface area contributed by atoms with Crippen molar-refractivity contribution in [3.63, 3.8) is 0 Å². The zero-order valence-electron chi connectivity index (χ0n) is 14.0. The summed E-state index contributed by atoms with van der Waals surface area (Å²) < 4.78 is 10.1. The van der Waals surface area contributed by atoms with Crippen molar-refractivity contribution >= 4 is 17.8 Å². The van der Waals surface area contributed by atoms with Crippen molar-refractivity contribution < 1.29 is 23.9 Å². The van der Waals surface area contributed by atoms with Gasteiger partial charge in [-0.25, -0.2) is 0 Å². The van der Waals surface area contributed by atoms with Crippen LogP contribution in [-0.2, 0) is 14.4 Å². The molecule has 0 heterocycles. The highest BCUT2D eigenvalue weighted by Crippen LogP contribution is 2.31. The third-order valence-corrected chi connectivity index (χ3v) is 3.20. The number of amides is 1. The fourth-order valence-corrected chi connectivity index (χ4v) is 1.96. The number of carbonyl (C=O) groups is 3. The van der Waals surface area contributed by atoms with Gasteiger partial charge in [-0.1, -0.05) is 19.4 Å². The van der Waals surface area contributed by atoms with Crippen molar-refractivity contribution in [1.29, 1.82) is 0 Å². The molecule has 0 fully saturated rings. The van der Waals surface area contributed by atoms with Crippen LogP contribution in [0.2, 0.25) is 0 Å². The normalized spacial score (nSPS) is 11.5. The van der Waals surface area contributed by atoms with Gasteiger partial charge in [0.25, 0.3) is 0 Å². The van der Waals surface area contributed by atoms with Crippen LogP contribution in [0.5, 0.6) is 11.5 Å². The zero-order valence-corrected chi connectivity index (χ0v) is 14.0. The lowest BCUT2D eigenvalue weighted by Gasteiger charge is -2.15. The lowest BCUT2D eigenvalue weighted by atomic mass is 9.99. The van der Waals surface area contributed by atoms with Gasteiger partial charge in [0.1, 0.15) is 0 Å². The molecule has 6 nitrogen and oxygen atoms in total. The highest BCUT2D eigenvalue weighted by Gasteiger charge is 2.18.